The van der Waals surface area contributed by atoms with Gasteiger partial charge in [-0.15, -0.1) is 23.7 Å². The number of hydrogen-bond acceptors (Lipinski definition) is 5. The third kappa shape index (κ3) is 3.05. The Kier molecular flexibility index (Phi) is 4.95. The number of nitrogens with zero attached hydrogens (tertiary/aromatic N) is 1. The van der Waals surface area contributed by atoms with E-state index in [0.29, 0.717) is 6.42 Å². The van der Waals surface area contributed by atoms with E-state index in [1.54, 1.807) is 11.3 Å². The molecule has 2 aromatic heterocycles. The van der Waals surface area contributed by atoms with E-state index in [0.717, 1.165) is 16.3 Å². The summed E-state index contributed by atoms with van der Waals surface area (Å²) in [5, 5.41) is 14.7. The molecule has 0 radical (unpaired) electrons. The lowest BCUT2D eigenvalue weighted by Gasteiger charge is -2.02. The van der Waals surface area contributed by atoms with Gasteiger partial charge in [0.05, 0.1) is 17.2 Å². The minimum Gasteiger partial charge on any atom is -0.395 e. The maximum absolute atomic E-state index is 8.81. The molecule has 0 aromatic carbocycles. The number of thiophene rings is 1. The molecule has 0 spiro atoms. The summed E-state index contributed by atoms with van der Waals surface area (Å²) in [7, 11) is 0. The summed E-state index contributed by atoms with van der Waals surface area (Å²) in [6.07, 6.45) is 0.533. The van der Waals surface area contributed by atoms with Crippen LogP contribution in [0.5, 0.6) is 0 Å². The molecular formula is C10H13ClN2O2S. The number of aliphatic hydroxyl groups is 1. The summed E-state index contributed by atoms with van der Waals surface area (Å²) < 4.78 is 5.18. The lowest BCUT2D eigenvalue weighted by atomic mass is 10.2. The Hall–Kier alpha value is -0.880. The van der Waals surface area contributed by atoms with Gasteiger partial charge < -0.3 is 15.4 Å². The smallest absolute Gasteiger partial charge is 0.177 e. The van der Waals surface area contributed by atoms with Gasteiger partial charge in [0.15, 0.2) is 5.76 Å². The van der Waals surface area contributed by atoms with Crippen molar-refractivity contribution in [1.29, 1.82) is 0 Å². The molecule has 4 nitrogen and oxygen atoms in total. The molecule has 1 atom stereocenters. The first-order valence-electron chi connectivity index (χ1n) is 4.65. The molecule has 0 saturated carbocycles. The van der Waals surface area contributed by atoms with Gasteiger partial charge in [-0.05, 0) is 11.4 Å². The van der Waals surface area contributed by atoms with Gasteiger partial charge in [0.1, 0.15) is 0 Å². The van der Waals surface area contributed by atoms with E-state index in [9.17, 15) is 0 Å². The van der Waals surface area contributed by atoms with Crippen molar-refractivity contribution in [1.82, 2.24) is 5.16 Å². The molecule has 0 aliphatic heterocycles. The molecule has 0 aliphatic carbocycles. The van der Waals surface area contributed by atoms with Crippen molar-refractivity contribution in [3.8, 4) is 10.6 Å². The van der Waals surface area contributed by atoms with Crippen molar-refractivity contribution < 1.29 is 9.63 Å². The average Bonchev–Trinajstić information content (AvgIpc) is 2.85. The van der Waals surface area contributed by atoms with Crippen LogP contribution in [0, 0.1) is 0 Å². The van der Waals surface area contributed by atoms with Crippen LogP contribution in [0.2, 0.25) is 0 Å². The Balaban J connectivity index is 0.00000128. The van der Waals surface area contributed by atoms with Crippen LogP contribution in [0.3, 0.4) is 0 Å². The van der Waals surface area contributed by atoms with Gasteiger partial charge >= 0.3 is 0 Å². The van der Waals surface area contributed by atoms with Gasteiger partial charge in [-0.1, -0.05) is 11.2 Å². The van der Waals surface area contributed by atoms with Gasteiger partial charge in [0.25, 0.3) is 0 Å². The first-order chi connectivity index (χ1) is 7.29. The predicted octanol–water partition coefficient (Wildman–Crippen LogP) is 1.69. The Labute approximate surface area is 103 Å². The number of aromatic nitrogens is 1. The van der Waals surface area contributed by atoms with Gasteiger partial charge in [-0.3, -0.25) is 0 Å². The van der Waals surface area contributed by atoms with Gasteiger partial charge in [0, 0.05) is 18.5 Å². The molecule has 0 aliphatic rings. The van der Waals surface area contributed by atoms with Crippen LogP contribution < -0.4 is 5.73 Å². The van der Waals surface area contributed by atoms with Crippen LogP contribution in [-0.4, -0.2) is 22.9 Å². The molecule has 88 valence electrons. The quantitative estimate of drug-likeness (QED) is 0.878. The van der Waals surface area contributed by atoms with Crippen molar-refractivity contribution >= 4 is 23.7 Å². The van der Waals surface area contributed by atoms with Crippen LogP contribution in [0.15, 0.2) is 28.1 Å². The maximum Gasteiger partial charge on any atom is 0.177 e. The molecule has 2 heterocycles. The Morgan fingerprint density at radius 1 is 1.56 bits per heavy atom. The largest absolute Gasteiger partial charge is 0.395 e. The first-order valence-corrected chi connectivity index (χ1v) is 5.53. The summed E-state index contributed by atoms with van der Waals surface area (Å²) in [6.45, 7) is -0.0405. The van der Waals surface area contributed by atoms with E-state index in [-0.39, 0.29) is 25.1 Å². The Morgan fingerprint density at radius 3 is 3.00 bits per heavy atom. The summed E-state index contributed by atoms with van der Waals surface area (Å²) in [5.74, 6) is 0.755. The van der Waals surface area contributed by atoms with Crippen molar-refractivity contribution in [2.24, 2.45) is 5.73 Å². The number of halogens is 1. The molecule has 0 amide bonds. The molecule has 16 heavy (non-hydrogen) atoms. The molecule has 3 N–H and O–H groups in total. The van der Waals surface area contributed by atoms with E-state index >= 15 is 0 Å². The van der Waals surface area contributed by atoms with Crippen molar-refractivity contribution in [3.63, 3.8) is 0 Å². The van der Waals surface area contributed by atoms with E-state index < -0.39 is 0 Å². The zero-order chi connectivity index (χ0) is 10.7. The molecule has 0 bridgehead atoms. The number of rotatable bonds is 4. The molecule has 6 heteroatoms. The molecular weight excluding hydrogens is 248 g/mol. The standard InChI is InChI=1S/C10H12N2O2S.ClH/c11-7(6-13)4-8-5-9(14-12-8)10-2-1-3-15-10;/h1-3,5,7,13H,4,6,11H2;1H. The van der Waals surface area contributed by atoms with Gasteiger partial charge in [-0.25, -0.2) is 0 Å². The highest BCUT2D eigenvalue weighted by Gasteiger charge is 2.10. The van der Waals surface area contributed by atoms with Crippen LogP contribution in [0.4, 0.5) is 0 Å². The molecule has 2 aromatic rings. The lowest BCUT2D eigenvalue weighted by molar-refractivity contribution is 0.263. The summed E-state index contributed by atoms with van der Waals surface area (Å²) in [5.41, 5.74) is 6.38. The lowest BCUT2D eigenvalue weighted by Crippen LogP contribution is -2.26. The Bertz CT molecular complexity index is 416. The fourth-order valence-corrected chi connectivity index (χ4v) is 1.95. The summed E-state index contributed by atoms with van der Waals surface area (Å²) in [6, 6.07) is 5.52. The fourth-order valence-electron chi connectivity index (χ4n) is 1.28. The number of hydrogen-bond donors (Lipinski definition) is 2. The van der Waals surface area contributed by atoms with Crippen molar-refractivity contribution in [2.45, 2.75) is 12.5 Å². The van der Waals surface area contributed by atoms with E-state index in [1.807, 2.05) is 23.6 Å². The highest BCUT2D eigenvalue weighted by molar-refractivity contribution is 7.13. The molecule has 0 fully saturated rings. The Morgan fingerprint density at radius 2 is 2.38 bits per heavy atom. The number of aliphatic hydroxyl groups excluding tert-OH is 1. The second-order valence-corrected chi connectivity index (χ2v) is 4.25. The second kappa shape index (κ2) is 6.00. The van der Waals surface area contributed by atoms with E-state index in [4.69, 9.17) is 15.4 Å². The molecule has 2 rings (SSSR count). The highest BCUT2D eigenvalue weighted by Crippen LogP contribution is 2.25. The molecule has 0 saturated heterocycles. The minimum atomic E-state index is -0.272. The van der Waals surface area contributed by atoms with Crippen molar-refractivity contribution in [3.05, 3.63) is 29.3 Å². The predicted molar refractivity (Wildman–Crippen MR) is 65.8 cm³/mol. The third-order valence-corrected chi connectivity index (χ3v) is 2.91. The van der Waals surface area contributed by atoms with Crippen LogP contribution in [0.25, 0.3) is 10.6 Å². The minimum absolute atomic E-state index is 0. The normalized spacial score (nSPS) is 12.1. The maximum atomic E-state index is 8.81. The third-order valence-electron chi connectivity index (χ3n) is 2.03. The SMILES string of the molecule is Cl.NC(CO)Cc1cc(-c2cccs2)on1. The van der Waals surface area contributed by atoms with E-state index in [1.165, 1.54) is 0 Å². The zero-order valence-corrected chi connectivity index (χ0v) is 10.1. The highest BCUT2D eigenvalue weighted by atomic mass is 35.5. The monoisotopic (exact) mass is 260 g/mol. The fraction of sp³-hybridized carbons (Fsp3) is 0.300. The zero-order valence-electron chi connectivity index (χ0n) is 8.50. The first kappa shape index (κ1) is 13.2. The van der Waals surface area contributed by atoms with Crippen LogP contribution in [-0.2, 0) is 6.42 Å². The van der Waals surface area contributed by atoms with Gasteiger partial charge in [0.2, 0.25) is 0 Å². The topological polar surface area (TPSA) is 72.3 Å². The second-order valence-electron chi connectivity index (χ2n) is 3.31. The van der Waals surface area contributed by atoms with E-state index in [2.05, 4.69) is 5.16 Å². The van der Waals surface area contributed by atoms with Crippen molar-refractivity contribution in [2.75, 3.05) is 6.61 Å². The summed E-state index contributed by atoms with van der Waals surface area (Å²) >= 11 is 1.60. The van der Waals surface area contributed by atoms with Crippen LogP contribution >= 0.6 is 23.7 Å². The average molecular weight is 261 g/mol. The molecule has 1 unspecified atom stereocenters. The van der Waals surface area contributed by atoms with Gasteiger partial charge in [-0.2, -0.15) is 0 Å². The number of nitrogens with two attached hydrogens (primary N) is 1. The van der Waals surface area contributed by atoms with Crippen LogP contribution in [0.1, 0.15) is 5.69 Å². The summed E-state index contributed by atoms with van der Waals surface area (Å²) in [4.78, 5) is 1.05.